The van der Waals surface area contributed by atoms with Crippen LogP contribution in [0.3, 0.4) is 0 Å². The highest BCUT2D eigenvalue weighted by atomic mass is 16.5. The highest BCUT2D eigenvalue weighted by Crippen LogP contribution is 2.78. The molecule has 4 aliphatic carbocycles. The number of likely N-dealkylation sites (tertiary alicyclic amines) is 2. The summed E-state index contributed by atoms with van der Waals surface area (Å²) in [7, 11) is 1.61. The van der Waals surface area contributed by atoms with E-state index in [2.05, 4.69) is 11.0 Å². The number of aliphatic hydroxyl groups is 1. The molecule has 6 heteroatoms. The minimum Gasteiger partial charge on any atom is -0.504 e. The SMILES string of the molecule is COc1ccc2c(c1O)C13CCN(CC4CC4)C(C2)C12CCC1(O)C3C(C2)C(=O)N1Cc1ccccc1. The molecular formula is C31H36N2O4. The van der Waals surface area contributed by atoms with Crippen molar-refractivity contribution in [1.82, 2.24) is 9.80 Å². The number of carbonyl (C=O) groups is 1. The van der Waals surface area contributed by atoms with E-state index in [0.29, 0.717) is 24.8 Å². The van der Waals surface area contributed by atoms with Crippen LogP contribution >= 0.6 is 0 Å². The first-order valence-electron chi connectivity index (χ1n) is 14.1. The average molecular weight is 501 g/mol. The Hall–Kier alpha value is -2.57. The fourth-order valence-corrected chi connectivity index (χ4v) is 10.0. The molecule has 37 heavy (non-hydrogen) atoms. The van der Waals surface area contributed by atoms with Gasteiger partial charge in [0.05, 0.1) is 7.11 Å². The van der Waals surface area contributed by atoms with E-state index in [-0.39, 0.29) is 28.9 Å². The zero-order valence-corrected chi connectivity index (χ0v) is 21.5. The van der Waals surface area contributed by atoms with Crippen molar-refractivity contribution in [3.8, 4) is 11.5 Å². The summed E-state index contributed by atoms with van der Waals surface area (Å²) < 4.78 is 5.61. The summed E-state index contributed by atoms with van der Waals surface area (Å²) in [5, 5.41) is 24.3. The molecule has 6 nitrogen and oxygen atoms in total. The number of benzene rings is 2. The van der Waals surface area contributed by atoms with Gasteiger partial charge in [-0.25, -0.2) is 0 Å². The van der Waals surface area contributed by atoms with Gasteiger partial charge in [-0.15, -0.1) is 0 Å². The first-order chi connectivity index (χ1) is 17.9. The van der Waals surface area contributed by atoms with Crippen LogP contribution in [-0.2, 0) is 23.2 Å². The number of fused-ring (bicyclic) bond motifs is 1. The van der Waals surface area contributed by atoms with Gasteiger partial charge in [0.1, 0.15) is 5.72 Å². The van der Waals surface area contributed by atoms with E-state index in [1.807, 2.05) is 36.4 Å². The van der Waals surface area contributed by atoms with Crippen molar-refractivity contribution in [3.05, 3.63) is 59.2 Å². The molecule has 2 aromatic carbocycles. The minimum absolute atomic E-state index is 0.0996. The Kier molecular flexibility index (Phi) is 4.42. The number of hydrogen-bond acceptors (Lipinski definition) is 5. The maximum atomic E-state index is 14.2. The monoisotopic (exact) mass is 500 g/mol. The molecule has 2 heterocycles. The number of carbonyl (C=O) groups excluding carboxylic acids is 1. The Balaban J connectivity index is 1.32. The number of phenols is 1. The lowest BCUT2D eigenvalue weighted by atomic mass is 9.43. The van der Waals surface area contributed by atoms with Crippen LogP contribution in [0.1, 0.15) is 55.2 Å². The third kappa shape index (κ3) is 2.61. The van der Waals surface area contributed by atoms with Crippen molar-refractivity contribution in [1.29, 1.82) is 0 Å². The Bertz CT molecular complexity index is 1290. The summed E-state index contributed by atoms with van der Waals surface area (Å²) in [6, 6.07) is 14.4. The second kappa shape index (κ2) is 7.29. The zero-order chi connectivity index (χ0) is 25.2. The van der Waals surface area contributed by atoms with E-state index in [4.69, 9.17) is 4.74 Å². The molecule has 4 bridgehead atoms. The molecule has 6 atom stereocenters. The topological polar surface area (TPSA) is 73.2 Å². The Morgan fingerprint density at radius 3 is 2.65 bits per heavy atom. The molecule has 6 aliphatic rings. The third-order valence-electron chi connectivity index (χ3n) is 11.4. The van der Waals surface area contributed by atoms with Crippen LogP contribution in [0.25, 0.3) is 0 Å². The normalized spacial score (nSPS) is 39.5. The van der Waals surface area contributed by atoms with Crippen molar-refractivity contribution < 1.29 is 19.7 Å². The summed E-state index contributed by atoms with van der Waals surface area (Å²) in [4.78, 5) is 18.7. The quantitative estimate of drug-likeness (QED) is 0.653. The van der Waals surface area contributed by atoms with Gasteiger partial charge in [0.15, 0.2) is 11.5 Å². The molecule has 194 valence electrons. The van der Waals surface area contributed by atoms with E-state index in [1.54, 1.807) is 12.0 Å². The first kappa shape index (κ1) is 22.4. The summed E-state index contributed by atoms with van der Waals surface area (Å²) in [6.45, 7) is 2.54. The van der Waals surface area contributed by atoms with Crippen LogP contribution < -0.4 is 4.74 Å². The number of methoxy groups -OCH3 is 1. The van der Waals surface area contributed by atoms with Crippen molar-refractivity contribution in [2.75, 3.05) is 20.2 Å². The maximum Gasteiger partial charge on any atom is 0.228 e. The number of rotatable bonds is 5. The molecule has 0 spiro atoms. The zero-order valence-electron chi connectivity index (χ0n) is 21.5. The Morgan fingerprint density at radius 1 is 1.08 bits per heavy atom. The number of phenolic OH excluding ortho intramolecular Hbond substituents is 1. The van der Waals surface area contributed by atoms with Gasteiger partial charge >= 0.3 is 0 Å². The first-order valence-corrected chi connectivity index (χ1v) is 14.1. The van der Waals surface area contributed by atoms with Gasteiger partial charge < -0.3 is 19.8 Å². The molecule has 5 fully saturated rings. The maximum absolute atomic E-state index is 14.2. The van der Waals surface area contributed by atoms with Crippen LogP contribution in [0.2, 0.25) is 0 Å². The summed E-state index contributed by atoms with van der Waals surface area (Å²) in [6.07, 6.45) is 6.74. The standard InChI is InChI=1S/C31H36N2O4/c1-37-23-10-9-21-15-24-29-11-12-31(36)27(22(16-29)28(35)33(31)18-19-5-3-2-4-6-19)30(29,25(21)26(23)34)13-14-32(24)17-20-7-8-20/h2-6,9-10,20,22,24,27,34,36H,7-8,11-18H2,1H3. The highest BCUT2D eigenvalue weighted by Gasteiger charge is 2.82. The lowest BCUT2D eigenvalue weighted by Crippen LogP contribution is -2.72. The highest BCUT2D eigenvalue weighted by molar-refractivity contribution is 5.85. The molecule has 1 amide bonds. The summed E-state index contributed by atoms with van der Waals surface area (Å²) >= 11 is 0. The van der Waals surface area contributed by atoms with Crippen molar-refractivity contribution in [2.45, 2.75) is 68.7 Å². The van der Waals surface area contributed by atoms with E-state index in [0.717, 1.165) is 55.8 Å². The lowest BCUT2D eigenvalue weighted by Gasteiger charge is -2.67. The molecule has 8 rings (SSSR count). The van der Waals surface area contributed by atoms with Gasteiger partial charge in [0.2, 0.25) is 5.91 Å². The average Bonchev–Trinajstić information content (AvgIpc) is 3.64. The molecule has 2 saturated heterocycles. The molecule has 0 radical (unpaired) electrons. The molecule has 2 aliphatic heterocycles. The van der Waals surface area contributed by atoms with Gasteiger partial charge in [-0.1, -0.05) is 36.4 Å². The number of aromatic hydroxyl groups is 1. The molecule has 6 unspecified atom stereocenters. The van der Waals surface area contributed by atoms with Gasteiger partial charge in [-0.2, -0.15) is 0 Å². The van der Waals surface area contributed by atoms with Crippen LogP contribution in [0.15, 0.2) is 42.5 Å². The number of piperidine rings is 1. The smallest absolute Gasteiger partial charge is 0.228 e. The Labute approximate surface area is 218 Å². The van der Waals surface area contributed by atoms with E-state index in [1.165, 1.54) is 18.4 Å². The second-order valence-electron chi connectivity index (χ2n) is 12.8. The van der Waals surface area contributed by atoms with Crippen LogP contribution in [0, 0.1) is 23.2 Å². The van der Waals surface area contributed by atoms with Crippen LogP contribution in [-0.4, -0.2) is 57.9 Å². The van der Waals surface area contributed by atoms with Crippen molar-refractivity contribution in [2.24, 2.45) is 23.2 Å². The largest absolute Gasteiger partial charge is 0.504 e. The van der Waals surface area contributed by atoms with Gasteiger partial charge in [0.25, 0.3) is 0 Å². The van der Waals surface area contributed by atoms with E-state index < -0.39 is 11.1 Å². The lowest BCUT2D eigenvalue weighted by molar-refractivity contribution is -0.208. The molecular weight excluding hydrogens is 464 g/mol. The predicted octanol–water partition coefficient (Wildman–Crippen LogP) is 3.83. The van der Waals surface area contributed by atoms with E-state index in [9.17, 15) is 15.0 Å². The summed E-state index contributed by atoms with van der Waals surface area (Å²) in [5.41, 5.74) is 1.47. The van der Waals surface area contributed by atoms with Gasteiger partial charge in [0, 0.05) is 41.9 Å². The molecule has 3 saturated carbocycles. The summed E-state index contributed by atoms with van der Waals surface area (Å²) in [5.74, 6) is 1.21. The van der Waals surface area contributed by atoms with Crippen LogP contribution in [0.4, 0.5) is 0 Å². The van der Waals surface area contributed by atoms with Gasteiger partial charge in [-0.3, -0.25) is 9.69 Å². The number of hydrogen-bond donors (Lipinski definition) is 2. The predicted molar refractivity (Wildman–Crippen MR) is 138 cm³/mol. The van der Waals surface area contributed by atoms with Gasteiger partial charge in [-0.05, 0) is 80.0 Å². The molecule has 2 aromatic rings. The number of nitrogens with zero attached hydrogens (tertiary/aromatic N) is 2. The number of ether oxygens (including phenoxy) is 1. The fourth-order valence-electron chi connectivity index (χ4n) is 10.0. The van der Waals surface area contributed by atoms with Crippen LogP contribution in [0.5, 0.6) is 11.5 Å². The molecule has 2 N–H and O–H groups in total. The second-order valence-corrected chi connectivity index (χ2v) is 12.8. The third-order valence-corrected chi connectivity index (χ3v) is 11.4. The Morgan fingerprint density at radius 2 is 1.89 bits per heavy atom. The van der Waals surface area contributed by atoms with Crippen molar-refractivity contribution >= 4 is 5.91 Å². The van der Waals surface area contributed by atoms with E-state index >= 15 is 0 Å². The van der Waals surface area contributed by atoms with Crippen molar-refractivity contribution in [3.63, 3.8) is 0 Å². The fraction of sp³-hybridized carbons (Fsp3) is 0.581. The number of amides is 1. The molecule has 0 aromatic heterocycles. The minimum atomic E-state index is -1.20.